The SMILES string of the molecule is CCOC(=O)CCC(=O)Cc1c(F)ccc(C)c1F. The van der Waals surface area contributed by atoms with E-state index in [0.29, 0.717) is 0 Å². The Hall–Kier alpha value is -1.78. The number of esters is 1. The highest BCUT2D eigenvalue weighted by Gasteiger charge is 2.16. The maximum atomic E-state index is 13.7. The van der Waals surface area contributed by atoms with Crippen molar-refractivity contribution in [2.75, 3.05) is 6.61 Å². The van der Waals surface area contributed by atoms with Gasteiger partial charge in [-0.2, -0.15) is 0 Å². The number of hydrogen-bond donors (Lipinski definition) is 0. The first-order valence-corrected chi connectivity index (χ1v) is 6.06. The molecule has 0 N–H and O–H groups in total. The molecule has 19 heavy (non-hydrogen) atoms. The number of Topliss-reactive ketones (excluding diaryl/α,β-unsaturated/α-hetero) is 1. The first-order chi connectivity index (χ1) is 8.95. The molecule has 0 radical (unpaired) electrons. The molecule has 1 aromatic carbocycles. The number of halogens is 2. The van der Waals surface area contributed by atoms with Gasteiger partial charge in [0.1, 0.15) is 17.4 Å². The van der Waals surface area contributed by atoms with Gasteiger partial charge in [0.2, 0.25) is 0 Å². The summed E-state index contributed by atoms with van der Waals surface area (Å²) in [6.45, 7) is 3.41. The van der Waals surface area contributed by atoms with Crippen LogP contribution in [0.4, 0.5) is 8.78 Å². The normalized spacial score (nSPS) is 10.3. The summed E-state index contributed by atoms with van der Waals surface area (Å²) in [6.07, 6.45) is -0.494. The highest BCUT2D eigenvalue weighted by molar-refractivity contribution is 5.84. The molecule has 1 rings (SSSR count). The van der Waals surface area contributed by atoms with Crippen molar-refractivity contribution in [3.8, 4) is 0 Å². The Balaban J connectivity index is 2.63. The lowest BCUT2D eigenvalue weighted by Gasteiger charge is -2.06. The summed E-state index contributed by atoms with van der Waals surface area (Å²) in [4.78, 5) is 22.7. The molecule has 3 nitrogen and oxygen atoms in total. The van der Waals surface area contributed by atoms with Crippen molar-refractivity contribution in [3.63, 3.8) is 0 Å². The van der Waals surface area contributed by atoms with Crippen molar-refractivity contribution >= 4 is 11.8 Å². The maximum absolute atomic E-state index is 13.7. The Morgan fingerprint density at radius 1 is 1.21 bits per heavy atom. The van der Waals surface area contributed by atoms with E-state index in [1.54, 1.807) is 6.92 Å². The molecule has 1 aromatic rings. The van der Waals surface area contributed by atoms with Gasteiger partial charge < -0.3 is 4.74 Å². The third-order valence-corrected chi connectivity index (χ3v) is 2.67. The highest BCUT2D eigenvalue weighted by atomic mass is 19.1. The van der Waals surface area contributed by atoms with Gasteiger partial charge in [0.05, 0.1) is 13.0 Å². The lowest BCUT2D eigenvalue weighted by molar-refractivity contribution is -0.144. The Morgan fingerprint density at radius 3 is 2.53 bits per heavy atom. The summed E-state index contributed by atoms with van der Waals surface area (Å²) in [6, 6.07) is 2.45. The molecule has 0 unspecified atom stereocenters. The molecule has 0 heterocycles. The number of benzene rings is 1. The minimum atomic E-state index is -0.743. The van der Waals surface area contributed by atoms with Crippen LogP contribution in [0.15, 0.2) is 12.1 Å². The minimum absolute atomic E-state index is 0.0677. The summed E-state index contributed by atoms with van der Waals surface area (Å²) in [7, 11) is 0. The molecule has 0 aliphatic rings. The molecular weight excluding hydrogens is 254 g/mol. The number of ether oxygens (including phenoxy) is 1. The summed E-state index contributed by atoms with van der Waals surface area (Å²) < 4.78 is 31.8. The Kier molecular flexibility index (Phi) is 5.60. The van der Waals surface area contributed by atoms with E-state index in [4.69, 9.17) is 0 Å². The fourth-order valence-corrected chi connectivity index (χ4v) is 1.64. The minimum Gasteiger partial charge on any atom is -0.466 e. The first-order valence-electron chi connectivity index (χ1n) is 6.06. The third kappa shape index (κ3) is 4.43. The van der Waals surface area contributed by atoms with Gasteiger partial charge in [0.25, 0.3) is 0 Å². The monoisotopic (exact) mass is 270 g/mol. The number of carbonyl (C=O) groups excluding carboxylic acids is 2. The van der Waals surface area contributed by atoms with Crippen LogP contribution in [0.1, 0.15) is 30.9 Å². The van der Waals surface area contributed by atoms with Crippen molar-refractivity contribution in [1.29, 1.82) is 0 Å². The van der Waals surface area contributed by atoms with Crippen LogP contribution in [0.5, 0.6) is 0 Å². The van der Waals surface area contributed by atoms with Crippen LogP contribution in [0.3, 0.4) is 0 Å². The van der Waals surface area contributed by atoms with E-state index in [2.05, 4.69) is 4.74 Å². The largest absolute Gasteiger partial charge is 0.466 e. The number of aryl methyl sites for hydroxylation is 1. The average Bonchev–Trinajstić information content (AvgIpc) is 2.37. The third-order valence-electron chi connectivity index (χ3n) is 2.67. The van der Waals surface area contributed by atoms with Crippen molar-refractivity contribution in [2.45, 2.75) is 33.1 Å². The molecule has 0 saturated heterocycles. The lowest BCUT2D eigenvalue weighted by Crippen LogP contribution is -2.11. The smallest absolute Gasteiger partial charge is 0.306 e. The predicted molar refractivity (Wildman–Crippen MR) is 65.7 cm³/mol. The van der Waals surface area contributed by atoms with Gasteiger partial charge in [-0.1, -0.05) is 6.07 Å². The van der Waals surface area contributed by atoms with Gasteiger partial charge in [0.15, 0.2) is 0 Å². The van der Waals surface area contributed by atoms with E-state index in [1.165, 1.54) is 13.0 Å². The van der Waals surface area contributed by atoms with Crippen LogP contribution in [0.25, 0.3) is 0 Å². The maximum Gasteiger partial charge on any atom is 0.306 e. The van der Waals surface area contributed by atoms with E-state index in [0.717, 1.165) is 6.07 Å². The summed E-state index contributed by atoms with van der Waals surface area (Å²) in [5, 5.41) is 0. The molecule has 0 atom stereocenters. The van der Waals surface area contributed by atoms with Gasteiger partial charge in [-0.05, 0) is 25.5 Å². The van der Waals surface area contributed by atoms with Crippen LogP contribution in [-0.2, 0) is 20.7 Å². The van der Waals surface area contributed by atoms with E-state index >= 15 is 0 Å². The molecule has 0 aromatic heterocycles. The summed E-state index contributed by atoms with van der Waals surface area (Å²) in [5.74, 6) is -2.32. The van der Waals surface area contributed by atoms with E-state index in [9.17, 15) is 18.4 Å². The van der Waals surface area contributed by atoms with Crippen LogP contribution >= 0.6 is 0 Å². The van der Waals surface area contributed by atoms with Crippen LogP contribution in [0, 0.1) is 18.6 Å². The van der Waals surface area contributed by atoms with Gasteiger partial charge in [-0.15, -0.1) is 0 Å². The van der Waals surface area contributed by atoms with E-state index in [-0.39, 0.29) is 37.0 Å². The second kappa shape index (κ2) is 6.97. The Bertz CT molecular complexity index is 484. The zero-order valence-electron chi connectivity index (χ0n) is 11.0. The molecule has 0 amide bonds. The zero-order valence-corrected chi connectivity index (χ0v) is 11.0. The number of ketones is 1. The molecule has 0 bridgehead atoms. The van der Waals surface area contributed by atoms with E-state index < -0.39 is 23.4 Å². The molecule has 0 saturated carbocycles. The Labute approximate surface area is 110 Å². The van der Waals surface area contributed by atoms with Gasteiger partial charge in [-0.25, -0.2) is 8.78 Å². The standard InChI is InChI=1S/C14H16F2O3/c1-3-19-13(18)7-5-10(17)8-11-12(15)6-4-9(2)14(11)16/h4,6H,3,5,7-8H2,1-2H3. The zero-order chi connectivity index (χ0) is 14.4. The molecule has 5 heteroatoms. The lowest BCUT2D eigenvalue weighted by atomic mass is 10.0. The second-order valence-electron chi connectivity index (χ2n) is 4.18. The van der Waals surface area contributed by atoms with Crippen molar-refractivity contribution in [1.82, 2.24) is 0 Å². The fourth-order valence-electron chi connectivity index (χ4n) is 1.64. The van der Waals surface area contributed by atoms with Gasteiger partial charge in [-0.3, -0.25) is 9.59 Å². The summed E-state index contributed by atoms with van der Waals surface area (Å²) in [5.41, 5.74) is 0.0449. The van der Waals surface area contributed by atoms with Crippen molar-refractivity contribution < 1.29 is 23.1 Å². The van der Waals surface area contributed by atoms with Gasteiger partial charge in [0, 0.05) is 18.4 Å². The van der Waals surface area contributed by atoms with Crippen molar-refractivity contribution in [3.05, 3.63) is 34.9 Å². The molecule has 0 fully saturated rings. The topological polar surface area (TPSA) is 43.4 Å². The summed E-state index contributed by atoms with van der Waals surface area (Å²) >= 11 is 0. The fraction of sp³-hybridized carbons (Fsp3) is 0.429. The second-order valence-corrected chi connectivity index (χ2v) is 4.18. The first kappa shape index (κ1) is 15.3. The van der Waals surface area contributed by atoms with Crippen LogP contribution in [0.2, 0.25) is 0 Å². The number of hydrogen-bond acceptors (Lipinski definition) is 3. The quantitative estimate of drug-likeness (QED) is 0.746. The molecule has 104 valence electrons. The Morgan fingerprint density at radius 2 is 1.89 bits per heavy atom. The highest BCUT2D eigenvalue weighted by Crippen LogP contribution is 2.17. The molecule has 0 aliphatic heterocycles. The van der Waals surface area contributed by atoms with E-state index in [1.807, 2.05) is 0 Å². The molecule has 0 spiro atoms. The van der Waals surface area contributed by atoms with Gasteiger partial charge >= 0.3 is 5.97 Å². The van der Waals surface area contributed by atoms with Crippen LogP contribution < -0.4 is 0 Å². The average molecular weight is 270 g/mol. The molecule has 0 aliphatic carbocycles. The van der Waals surface area contributed by atoms with Crippen molar-refractivity contribution in [2.24, 2.45) is 0 Å². The van der Waals surface area contributed by atoms with Crippen LogP contribution in [-0.4, -0.2) is 18.4 Å². The number of carbonyl (C=O) groups is 2. The molecular formula is C14H16F2O3. The number of rotatable bonds is 6. The predicted octanol–water partition coefficient (Wildman–Crippen LogP) is 2.73.